The Balaban J connectivity index is 2.34. The van der Waals surface area contributed by atoms with Crippen LogP contribution in [-0.4, -0.2) is 42.2 Å². The largest absolute Gasteiger partial charge is 0.370 e. The Morgan fingerprint density at radius 2 is 2.24 bits per heavy atom. The Hall–Kier alpha value is -1.23. The van der Waals surface area contributed by atoms with Crippen molar-refractivity contribution in [3.63, 3.8) is 0 Å². The van der Waals surface area contributed by atoms with Crippen molar-refractivity contribution in [3.05, 3.63) is 23.9 Å². The van der Waals surface area contributed by atoms with Crippen molar-refractivity contribution < 1.29 is 4.79 Å². The topological polar surface area (TPSA) is 45.2 Å². The van der Waals surface area contributed by atoms with Crippen LogP contribution in [0.15, 0.2) is 18.3 Å². The second-order valence-electron chi connectivity index (χ2n) is 3.86. The molecular formula is C12H19N3OS. The van der Waals surface area contributed by atoms with Gasteiger partial charge in [-0.3, -0.25) is 4.79 Å². The number of thioether (sulfide) groups is 1. The summed E-state index contributed by atoms with van der Waals surface area (Å²) in [6.45, 7) is 2.91. The summed E-state index contributed by atoms with van der Waals surface area (Å²) in [5, 5.41) is 3.15. The standard InChI is InChI=1S/C12H19N3OS/c1-4-13-11-6-5-10(7-14-11)8-17-9-12(16)15(2)3/h5-7H,4,8-9H2,1-3H3,(H,13,14). The number of nitrogens with zero attached hydrogens (tertiary/aromatic N) is 2. The van der Waals surface area contributed by atoms with Gasteiger partial charge in [0.1, 0.15) is 5.82 Å². The summed E-state index contributed by atoms with van der Waals surface area (Å²) in [7, 11) is 3.55. The molecule has 94 valence electrons. The van der Waals surface area contributed by atoms with Gasteiger partial charge in [-0.2, -0.15) is 0 Å². The van der Waals surface area contributed by atoms with Gasteiger partial charge in [-0.1, -0.05) is 6.07 Å². The fourth-order valence-electron chi connectivity index (χ4n) is 1.18. The molecule has 0 spiro atoms. The summed E-state index contributed by atoms with van der Waals surface area (Å²) in [6.07, 6.45) is 1.85. The summed E-state index contributed by atoms with van der Waals surface area (Å²) in [4.78, 5) is 17.2. The summed E-state index contributed by atoms with van der Waals surface area (Å²) >= 11 is 1.61. The van der Waals surface area contributed by atoms with Crippen molar-refractivity contribution >= 4 is 23.5 Å². The second kappa shape index (κ2) is 7.17. The van der Waals surface area contributed by atoms with Gasteiger partial charge in [-0.05, 0) is 18.6 Å². The smallest absolute Gasteiger partial charge is 0.232 e. The molecule has 0 aliphatic heterocycles. The third-order valence-corrected chi connectivity index (χ3v) is 3.16. The molecule has 1 N–H and O–H groups in total. The van der Waals surface area contributed by atoms with Gasteiger partial charge in [0, 0.05) is 32.6 Å². The first-order valence-corrected chi connectivity index (χ1v) is 6.75. The number of hydrogen-bond donors (Lipinski definition) is 1. The van der Waals surface area contributed by atoms with Crippen LogP contribution in [0.5, 0.6) is 0 Å². The van der Waals surface area contributed by atoms with Crippen LogP contribution in [0.3, 0.4) is 0 Å². The zero-order valence-electron chi connectivity index (χ0n) is 10.6. The zero-order valence-corrected chi connectivity index (χ0v) is 11.4. The Bertz CT molecular complexity index is 351. The number of carbonyl (C=O) groups excluding carboxylic acids is 1. The minimum atomic E-state index is 0.146. The molecule has 1 rings (SSSR count). The highest BCUT2D eigenvalue weighted by Gasteiger charge is 2.04. The monoisotopic (exact) mass is 253 g/mol. The highest BCUT2D eigenvalue weighted by atomic mass is 32.2. The molecule has 1 heterocycles. The van der Waals surface area contributed by atoms with Crippen LogP contribution in [0.2, 0.25) is 0 Å². The van der Waals surface area contributed by atoms with Gasteiger partial charge >= 0.3 is 0 Å². The number of pyridine rings is 1. The minimum absolute atomic E-state index is 0.146. The summed E-state index contributed by atoms with van der Waals surface area (Å²) < 4.78 is 0. The van der Waals surface area contributed by atoms with E-state index < -0.39 is 0 Å². The molecule has 0 saturated carbocycles. The van der Waals surface area contributed by atoms with E-state index in [4.69, 9.17) is 0 Å². The summed E-state index contributed by atoms with van der Waals surface area (Å²) in [6, 6.07) is 4.01. The zero-order chi connectivity index (χ0) is 12.7. The molecule has 0 radical (unpaired) electrons. The van der Waals surface area contributed by atoms with Crippen LogP contribution < -0.4 is 5.32 Å². The fourth-order valence-corrected chi connectivity index (χ4v) is 2.12. The maximum Gasteiger partial charge on any atom is 0.232 e. The van der Waals surface area contributed by atoms with E-state index in [1.807, 2.05) is 25.3 Å². The molecule has 0 aliphatic carbocycles. The van der Waals surface area contributed by atoms with Gasteiger partial charge in [-0.15, -0.1) is 11.8 Å². The Morgan fingerprint density at radius 1 is 1.47 bits per heavy atom. The molecule has 0 aliphatic rings. The molecule has 1 amide bonds. The molecule has 0 saturated heterocycles. The second-order valence-corrected chi connectivity index (χ2v) is 4.85. The van der Waals surface area contributed by atoms with Crippen LogP contribution in [0.1, 0.15) is 12.5 Å². The number of amides is 1. The first-order chi connectivity index (χ1) is 8.13. The van der Waals surface area contributed by atoms with Crippen LogP contribution in [-0.2, 0) is 10.5 Å². The van der Waals surface area contributed by atoms with Crippen molar-refractivity contribution in [1.82, 2.24) is 9.88 Å². The van der Waals surface area contributed by atoms with E-state index in [0.29, 0.717) is 5.75 Å². The normalized spacial score (nSPS) is 10.1. The van der Waals surface area contributed by atoms with Crippen LogP contribution in [0, 0.1) is 0 Å². The maximum absolute atomic E-state index is 11.4. The third kappa shape index (κ3) is 5.08. The first kappa shape index (κ1) is 13.8. The lowest BCUT2D eigenvalue weighted by Crippen LogP contribution is -2.23. The van der Waals surface area contributed by atoms with Crippen molar-refractivity contribution in [1.29, 1.82) is 0 Å². The van der Waals surface area contributed by atoms with E-state index in [1.165, 1.54) is 0 Å². The number of carbonyl (C=O) groups is 1. The molecule has 0 aromatic carbocycles. The van der Waals surface area contributed by atoms with Crippen LogP contribution >= 0.6 is 11.8 Å². The van der Waals surface area contributed by atoms with Gasteiger partial charge in [0.2, 0.25) is 5.91 Å². The quantitative estimate of drug-likeness (QED) is 0.840. The highest BCUT2D eigenvalue weighted by molar-refractivity contribution is 7.99. The van der Waals surface area contributed by atoms with E-state index >= 15 is 0 Å². The van der Waals surface area contributed by atoms with E-state index in [0.717, 1.165) is 23.7 Å². The lowest BCUT2D eigenvalue weighted by Gasteiger charge is -2.09. The third-order valence-electron chi connectivity index (χ3n) is 2.18. The highest BCUT2D eigenvalue weighted by Crippen LogP contribution is 2.13. The summed E-state index contributed by atoms with van der Waals surface area (Å²) in [5.74, 6) is 2.37. The van der Waals surface area contributed by atoms with Gasteiger partial charge in [0.15, 0.2) is 0 Å². The van der Waals surface area contributed by atoms with Gasteiger partial charge in [0.25, 0.3) is 0 Å². The maximum atomic E-state index is 11.4. The van der Waals surface area contributed by atoms with E-state index in [9.17, 15) is 4.79 Å². The molecule has 1 aromatic rings. The predicted octanol–water partition coefficient (Wildman–Crippen LogP) is 1.83. The molecular weight excluding hydrogens is 234 g/mol. The van der Waals surface area contributed by atoms with Crippen molar-refractivity contribution in [2.45, 2.75) is 12.7 Å². The molecule has 17 heavy (non-hydrogen) atoms. The number of rotatable bonds is 6. The molecule has 5 heteroatoms. The molecule has 0 unspecified atom stereocenters. The van der Waals surface area contributed by atoms with E-state index in [-0.39, 0.29) is 5.91 Å². The lowest BCUT2D eigenvalue weighted by molar-refractivity contribution is -0.125. The number of nitrogens with one attached hydrogen (secondary N) is 1. The SMILES string of the molecule is CCNc1ccc(CSCC(=O)N(C)C)cn1. The van der Waals surface area contributed by atoms with Crippen molar-refractivity contribution in [2.24, 2.45) is 0 Å². The lowest BCUT2D eigenvalue weighted by atomic mass is 10.3. The average molecular weight is 253 g/mol. The Morgan fingerprint density at radius 3 is 2.76 bits per heavy atom. The molecule has 0 atom stereocenters. The van der Waals surface area contributed by atoms with Crippen LogP contribution in [0.4, 0.5) is 5.82 Å². The van der Waals surface area contributed by atoms with E-state index in [2.05, 4.69) is 10.3 Å². The Labute approximate surface area is 107 Å². The van der Waals surface area contributed by atoms with Crippen molar-refractivity contribution in [2.75, 3.05) is 31.7 Å². The van der Waals surface area contributed by atoms with Gasteiger partial charge < -0.3 is 10.2 Å². The number of hydrogen-bond acceptors (Lipinski definition) is 4. The van der Waals surface area contributed by atoms with Gasteiger partial charge in [0.05, 0.1) is 5.75 Å². The molecule has 1 aromatic heterocycles. The average Bonchev–Trinajstić information content (AvgIpc) is 2.31. The van der Waals surface area contributed by atoms with Crippen molar-refractivity contribution in [3.8, 4) is 0 Å². The Kier molecular flexibility index (Phi) is 5.83. The molecule has 0 bridgehead atoms. The summed E-state index contributed by atoms with van der Waals surface area (Å²) in [5.41, 5.74) is 1.14. The van der Waals surface area contributed by atoms with Gasteiger partial charge in [-0.25, -0.2) is 4.98 Å². The number of anilines is 1. The molecule has 4 nitrogen and oxygen atoms in total. The number of aromatic nitrogens is 1. The first-order valence-electron chi connectivity index (χ1n) is 5.60. The fraction of sp³-hybridized carbons (Fsp3) is 0.500. The van der Waals surface area contributed by atoms with Crippen LogP contribution in [0.25, 0.3) is 0 Å². The van der Waals surface area contributed by atoms with E-state index in [1.54, 1.807) is 30.8 Å². The predicted molar refractivity (Wildman–Crippen MR) is 73.3 cm³/mol. The molecule has 0 fully saturated rings. The minimum Gasteiger partial charge on any atom is -0.370 e.